The van der Waals surface area contributed by atoms with E-state index < -0.39 is 0 Å². The molecule has 0 N–H and O–H groups in total. The van der Waals surface area contributed by atoms with Gasteiger partial charge in [0.2, 0.25) is 0 Å². The lowest BCUT2D eigenvalue weighted by atomic mass is 9.84. The van der Waals surface area contributed by atoms with Crippen LogP contribution in [0.5, 0.6) is 0 Å². The summed E-state index contributed by atoms with van der Waals surface area (Å²) in [4.78, 5) is 14.5. The molecular weight excluding hydrogens is 717 g/mol. The molecule has 59 heavy (non-hydrogen) atoms. The van der Waals surface area contributed by atoms with Crippen LogP contribution in [0.2, 0.25) is 0 Å². The molecule has 3 aromatic heterocycles. The summed E-state index contributed by atoms with van der Waals surface area (Å²) in [5.41, 5.74) is 15.3. The van der Waals surface area contributed by atoms with Crippen molar-refractivity contribution in [1.29, 1.82) is 0 Å². The van der Waals surface area contributed by atoms with Crippen molar-refractivity contribution in [1.82, 2.24) is 19.5 Å². The number of imidazole rings is 1. The van der Waals surface area contributed by atoms with Crippen LogP contribution >= 0.6 is 0 Å². The maximum Gasteiger partial charge on any atom is 0.145 e. The smallest absolute Gasteiger partial charge is 0.145 e. The summed E-state index contributed by atoms with van der Waals surface area (Å²) < 4.78 is 2.25. The number of aromatic nitrogens is 4. The Balaban J connectivity index is 1.11. The van der Waals surface area contributed by atoms with Crippen molar-refractivity contribution in [2.45, 2.75) is 0 Å². The van der Waals surface area contributed by atoms with Gasteiger partial charge in [-0.2, -0.15) is 0 Å². The van der Waals surface area contributed by atoms with Crippen molar-refractivity contribution in [3.63, 3.8) is 0 Å². The molecule has 0 fully saturated rings. The third-order valence-electron chi connectivity index (χ3n) is 11.3. The van der Waals surface area contributed by atoms with Gasteiger partial charge in [0.25, 0.3) is 0 Å². The first-order chi connectivity index (χ1) is 29.3. The highest BCUT2D eigenvalue weighted by Gasteiger charge is 2.19. The Morgan fingerprint density at radius 2 is 0.847 bits per heavy atom. The van der Waals surface area contributed by atoms with Gasteiger partial charge in [0.1, 0.15) is 5.82 Å². The van der Waals surface area contributed by atoms with E-state index in [9.17, 15) is 0 Å². The normalized spacial score (nSPS) is 11.4. The van der Waals surface area contributed by atoms with Crippen molar-refractivity contribution < 1.29 is 0 Å². The third-order valence-corrected chi connectivity index (χ3v) is 11.3. The highest BCUT2D eigenvalue weighted by Crippen LogP contribution is 2.46. The van der Waals surface area contributed by atoms with E-state index >= 15 is 0 Å². The molecule has 11 aromatic rings. The monoisotopic (exact) mass is 752 g/mol. The Kier molecular flexibility index (Phi) is 8.45. The highest BCUT2D eigenvalue weighted by atomic mass is 15.1. The van der Waals surface area contributed by atoms with Crippen molar-refractivity contribution in [2.24, 2.45) is 0 Å². The number of para-hydroxylation sites is 3. The summed E-state index contributed by atoms with van der Waals surface area (Å²) in [6.45, 7) is 0. The molecule has 0 bridgehead atoms. The van der Waals surface area contributed by atoms with Crippen LogP contribution in [0.3, 0.4) is 0 Å². The molecule has 0 radical (unpaired) electrons. The first kappa shape index (κ1) is 34.3. The second-order valence-electron chi connectivity index (χ2n) is 14.8. The molecule has 276 valence electrons. The first-order valence-electron chi connectivity index (χ1n) is 19.9. The standard InChI is InChI=1S/C55H36N4/c1-2-18-44(19-3-1)59-52-25-7-6-24-51(52)58-55(59)38-28-26-37(27-29-38)39-30-31-47-48(36-39)54(43-17-13-15-41(35-43)50-23-9-11-33-57-50)46-21-5-4-20-45(46)53(47)42-16-12-14-40(34-42)49-22-8-10-32-56-49/h1-36H. The molecule has 0 saturated heterocycles. The molecule has 0 spiro atoms. The number of fused-ring (bicyclic) bond motifs is 3. The minimum atomic E-state index is 0.918. The zero-order chi connectivity index (χ0) is 39.1. The molecule has 0 unspecified atom stereocenters. The second-order valence-corrected chi connectivity index (χ2v) is 14.8. The average molecular weight is 753 g/mol. The summed E-state index contributed by atoms with van der Waals surface area (Å²) in [5, 5.41) is 4.78. The summed E-state index contributed by atoms with van der Waals surface area (Å²) in [5.74, 6) is 0.918. The van der Waals surface area contributed by atoms with Gasteiger partial charge in [0.05, 0.1) is 22.4 Å². The molecule has 0 saturated carbocycles. The first-order valence-corrected chi connectivity index (χ1v) is 19.9. The van der Waals surface area contributed by atoms with Gasteiger partial charge in [-0.05, 0) is 122 Å². The van der Waals surface area contributed by atoms with Crippen LogP contribution in [-0.4, -0.2) is 19.5 Å². The van der Waals surface area contributed by atoms with E-state index in [0.29, 0.717) is 0 Å². The van der Waals surface area contributed by atoms with Gasteiger partial charge in [-0.15, -0.1) is 0 Å². The van der Waals surface area contributed by atoms with Crippen LogP contribution in [0.15, 0.2) is 219 Å². The fourth-order valence-electron chi connectivity index (χ4n) is 8.58. The molecule has 8 aromatic carbocycles. The predicted molar refractivity (Wildman–Crippen MR) is 244 cm³/mol. The molecule has 3 heterocycles. The van der Waals surface area contributed by atoms with E-state index in [1.807, 2.05) is 48.8 Å². The van der Waals surface area contributed by atoms with Gasteiger partial charge in [0.15, 0.2) is 0 Å². The highest BCUT2D eigenvalue weighted by molar-refractivity contribution is 6.22. The van der Waals surface area contributed by atoms with Gasteiger partial charge >= 0.3 is 0 Å². The maximum atomic E-state index is 5.12. The minimum Gasteiger partial charge on any atom is -0.292 e. The van der Waals surface area contributed by atoms with Gasteiger partial charge in [-0.25, -0.2) is 4.98 Å². The second kappa shape index (κ2) is 14.5. The van der Waals surface area contributed by atoms with Crippen molar-refractivity contribution in [3.8, 4) is 73.0 Å². The maximum absolute atomic E-state index is 5.12. The van der Waals surface area contributed by atoms with Crippen molar-refractivity contribution in [3.05, 3.63) is 219 Å². The van der Waals surface area contributed by atoms with E-state index in [0.717, 1.165) is 72.9 Å². The number of benzene rings is 8. The minimum absolute atomic E-state index is 0.918. The van der Waals surface area contributed by atoms with Gasteiger partial charge in [-0.3, -0.25) is 14.5 Å². The summed E-state index contributed by atoms with van der Waals surface area (Å²) >= 11 is 0. The van der Waals surface area contributed by atoms with Gasteiger partial charge in [-0.1, -0.05) is 140 Å². The van der Waals surface area contributed by atoms with Crippen LogP contribution in [0, 0.1) is 0 Å². The fraction of sp³-hybridized carbons (Fsp3) is 0. The zero-order valence-electron chi connectivity index (χ0n) is 32.1. The van der Waals surface area contributed by atoms with E-state index in [1.54, 1.807) is 0 Å². The number of nitrogens with zero attached hydrogens (tertiary/aromatic N) is 4. The lowest BCUT2D eigenvalue weighted by Gasteiger charge is -2.19. The van der Waals surface area contributed by atoms with Crippen LogP contribution < -0.4 is 0 Å². The molecular formula is C55H36N4. The summed E-state index contributed by atoms with van der Waals surface area (Å²) in [6.07, 6.45) is 3.71. The predicted octanol–water partition coefficient (Wildman–Crippen LogP) is 14.1. The van der Waals surface area contributed by atoms with E-state index in [-0.39, 0.29) is 0 Å². The van der Waals surface area contributed by atoms with Crippen LogP contribution in [-0.2, 0) is 0 Å². The molecule has 0 aliphatic carbocycles. The van der Waals surface area contributed by atoms with E-state index in [1.165, 1.54) is 32.7 Å². The van der Waals surface area contributed by atoms with Crippen LogP contribution in [0.25, 0.3) is 106 Å². The molecule has 11 rings (SSSR count). The van der Waals surface area contributed by atoms with Crippen molar-refractivity contribution >= 4 is 32.6 Å². The molecule has 0 aliphatic heterocycles. The number of pyridine rings is 2. The lowest BCUT2D eigenvalue weighted by molar-refractivity contribution is 1.10. The summed E-state index contributed by atoms with van der Waals surface area (Å²) in [7, 11) is 0. The largest absolute Gasteiger partial charge is 0.292 e. The molecule has 0 amide bonds. The Morgan fingerprint density at radius 1 is 0.322 bits per heavy atom. The summed E-state index contributed by atoms with van der Waals surface area (Å²) in [6, 6.07) is 73.2. The van der Waals surface area contributed by atoms with E-state index in [2.05, 4.69) is 179 Å². The number of rotatable bonds is 7. The van der Waals surface area contributed by atoms with Crippen LogP contribution in [0.1, 0.15) is 0 Å². The molecule has 4 heteroatoms. The SMILES string of the molecule is c1ccc(-n2c(-c3ccc(-c4ccc5c(-c6cccc(-c7ccccn7)c6)c6ccccc6c(-c6cccc(-c7ccccn7)c6)c5c4)cc3)nc3ccccc32)cc1. The van der Waals surface area contributed by atoms with Gasteiger partial charge in [0, 0.05) is 34.8 Å². The Labute approximate surface area is 342 Å². The average Bonchev–Trinajstić information content (AvgIpc) is 3.71. The topological polar surface area (TPSA) is 43.6 Å². The molecule has 0 aliphatic rings. The Bertz CT molecular complexity index is 3300. The zero-order valence-corrected chi connectivity index (χ0v) is 32.1. The van der Waals surface area contributed by atoms with Crippen LogP contribution in [0.4, 0.5) is 0 Å². The quantitative estimate of drug-likeness (QED) is 0.152. The Hall–Kier alpha value is -7.95. The van der Waals surface area contributed by atoms with E-state index in [4.69, 9.17) is 9.97 Å². The van der Waals surface area contributed by atoms with Crippen molar-refractivity contribution in [2.75, 3.05) is 0 Å². The van der Waals surface area contributed by atoms with Gasteiger partial charge < -0.3 is 0 Å². The molecule has 0 atom stereocenters. The fourth-order valence-corrected chi connectivity index (χ4v) is 8.58. The lowest BCUT2D eigenvalue weighted by Crippen LogP contribution is -1.97. The number of hydrogen-bond acceptors (Lipinski definition) is 3. The number of hydrogen-bond donors (Lipinski definition) is 0. The Morgan fingerprint density at radius 3 is 1.49 bits per heavy atom. The third kappa shape index (κ3) is 6.15. The molecule has 4 nitrogen and oxygen atoms in total.